The largest absolute Gasteiger partial charge is 0.336 e. The highest BCUT2D eigenvalue weighted by Gasteiger charge is 2.13. The highest BCUT2D eigenvalue weighted by molar-refractivity contribution is 9.10. The molecule has 0 bridgehead atoms. The van der Waals surface area contributed by atoms with Crippen LogP contribution in [-0.4, -0.2) is 27.6 Å². The van der Waals surface area contributed by atoms with Gasteiger partial charge in [0.05, 0.1) is 12.2 Å². The Kier molecular flexibility index (Phi) is 3.81. The number of halogens is 1. The number of benzene rings is 1. The zero-order valence-corrected chi connectivity index (χ0v) is 11.9. The number of amides is 1. The summed E-state index contributed by atoms with van der Waals surface area (Å²) < 4.78 is 2.74. The fourth-order valence-electron chi connectivity index (χ4n) is 1.68. The van der Waals surface area contributed by atoms with E-state index >= 15 is 0 Å². The summed E-state index contributed by atoms with van der Waals surface area (Å²) in [7, 11) is 3.66. The van der Waals surface area contributed by atoms with E-state index in [4.69, 9.17) is 0 Å². The molecule has 1 heterocycles. The van der Waals surface area contributed by atoms with E-state index in [0.29, 0.717) is 12.1 Å². The molecule has 0 saturated carbocycles. The molecule has 1 aromatic heterocycles. The number of hydrogen-bond acceptors (Lipinski definition) is 2. The number of aromatic nitrogens is 2. The van der Waals surface area contributed by atoms with Crippen molar-refractivity contribution in [1.82, 2.24) is 14.7 Å². The first-order valence-electron chi connectivity index (χ1n) is 5.56. The molecule has 0 aliphatic carbocycles. The minimum absolute atomic E-state index is 0.00343. The van der Waals surface area contributed by atoms with Crippen LogP contribution in [0.15, 0.2) is 41.0 Å². The standard InChI is InChI=1S/C13H14BrN3O/c1-16(9-12-7-8-15-17(12)2)13(18)10-3-5-11(14)6-4-10/h3-8H,9H2,1-2H3. The smallest absolute Gasteiger partial charge is 0.253 e. The van der Waals surface area contributed by atoms with Gasteiger partial charge in [0, 0.05) is 30.3 Å². The van der Waals surface area contributed by atoms with Gasteiger partial charge in [-0.25, -0.2) is 0 Å². The lowest BCUT2D eigenvalue weighted by Crippen LogP contribution is -2.27. The molecular formula is C13H14BrN3O. The minimum Gasteiger partial charge on any atom is -0.336 e. The molecule has 5 heteroatoms. The van der Waals surface area contributed by atoms with Gasteiger partial charge < -0.3 is 4.90 Å². The van der Waals surface area contributed by atoms with E-state index in [1.165, 1.54) is 0 Å². The quantitative estimate of drug-likeness (QED) is 0.873. The maximum atomic E-state index is 12.2. The molecule has 0 aliphatic heterocycles. The van der Waals surface area contributed by atoms with E-state index in [9.17, 15) is 4.79 Å². The molecule has 1 aromatic carbocycles. The van der Waals surface area contributed by atoms with Crippen molar-refractivity contribution in [2.75, 3.05) is 7.05 Å². The van der Waals surface area contributed by atoms with Crippen LogP contribution in [-0.2, 0) is 13.6 Å². The first kappa shape index (κ1) is 12.8. The third-order valence-electron chi connectivity index (χ3n) is 2.76. The van der Waals surface area contributed by atoms with Gasteiger partial charge in [-0.15, -0.1) is 0 Å². The summed E-state index contributed by atoms with van der Waals surface area (Å²) in [5, 5.41) is 4.09. The van der Waals surface area contributed by atoms with Crippen LogP contribution in [0.2, 0.25) is 0 Å². The molecule has 0 radical (unpaired) electrons. The van der Waals surface area contributed by atoms with Crippen LogP contribution in [0.4, 0.5) is 0 Å². The summed E-state index contributed by atoms with van der Waals surface area (Å²) in [6, 6.07) is 9.26. The molecule has 0 atom stereocenters. The second-order valence-corrected chi connectivity index (χ2v) is 5.03. The second kappa shape index (κ2) is 5.35. The topological polar surface area (TPSA) is 38.1 Å². The summed E-state index contributed by atoms with van der Waals surface area (Å²) in [5.74, 6) is 0.00343. The van der Waals surface area contributed by atoms with Crippen molar-refractivity contribution < 1.29 is 4.79 Å². The number of rotatable bonds is 3. The van der Waals surface area contributed by atoms with Crippen LogP contribution in [0.25, 0.3) is 0 Å². The van der Waals surface area contributed by atoms with Gasteiger partial charge in [-0.2, -0.15) is 5.10 Å². The van der Waals surface area contributed by atoms with Crippen molar-refractivity contribution in [3.05, 3.63) is 52.3 Å². The predicted octanol–water partition coefficient (Wildman–Crippen LogP) is 2.45. The minimum atomic E-state index is 0.00343. The molecule has 0 fully saturated rings. The van der Waals surface area contributed by atoms with E-state index in [-0.39, 0.29) is 5.91 Å². The maximum Gasteiger partial charge on any atom is 0.253 e. The highest BCUT2D eigenvalue weighted by atomic mass is 79.9. The van der Waals surface area contributed by atoms with Crippen molar-refractivity contribution >= 4 is 21.8 Å². The number of carbonyl (C=O) groups excluding carboxylic acids is 1. The monoisotopic (exact) mass is 307 g/mol. The van der Waals surface area contributed by atoms with E-state index in [2.05, 4.69) is 21.0 Å². The van der Waals surface area contributed by atoms with Crippen molar-refractivity contribution in [3.8, 4) is 0 Å². The normalized spacial score (nSPS) is 10.4. The molecule has 0 aliphatic rings. The van der Waals surface area contributed by atoms with Gasteiger partial charge in [-0.1, -0.05) is 15.9 Å². The lowest BCUT2D eigenvalue weighted by molar-refractivity contribution is 0.0782. The average Bonchev–Trinajstić information content (AvgIpc) is 2.75. The molecule has 0 spiro atoms. The summed E-state index contributed by atoms with van der Waals surface area (Å²) >= 11 is 3.35. The first-order chi connectivity index (χ1) is 8.58. The maximum absolute atomic E-state index is 12.2. The molecule has 0 N–H and O–H groups in total. The highest BCUT2D eigenvalue weighted by Crippen LogP contribution is 2.13. The Morgan fingerprint density at radius 1 is 1.33 bits per heavy atom. The van der Waals surface area contributed by atoms with Crippen molar-refractivity contribution in [2.24, 2.45) is 7.05 Å². The van der Waals surface area contributed by atoms with Gasteiger partial charge >= 0.3 is 0 Å². The van der Waals surface area contributed by atoms with E-state index in [1.807, 2.05) is 37.4 Å². The van der Waals surface area contributed by atoms with Gasteiger partial charge in [0.1, 0.15) is 0 Å². The molecule has 0 saturated heterocycles. The molecule has 94 valence electrons. The van der Waals surface area contributed by atoms with Crippen LogP contribution in [0.1, 0.15) is 16.1 Å². The van der Waals surface area contributed by atoms with Crippen LogP contribution in [0, 0.1) is 0 Å². The van der Waals surface area contributed by atoms with E-state index < -0.39 is 0 Å². The number of aryl methyl sites for hydroxylation is 1. The fraction of sp³-hybridized carbons (Fsp3) is 0.231. The Balaban J connectivity index is 2.09. The van der Waals surface area contributed by atoms with Gasteiger partial charge in [0.15, 0.2) is 0 Å². The average molecular weight is 308 g/mol. The van der Waals surface area contributed by atoms with Crippen LogP contribution in [0.5, 0.6) is 0 Å². The fourth-order valence-corrected chi connectivity index (χ4v) is 1.95. The lowest BCUT2D eigenvalue weighted by Gasteiger charge is -2.17. The Hall–Kier alpha value is -1.62. The SMILES string of the molecule is CN(Cc1ccnn1C)C(=O)c1ccc(Br)cc1. The predicted molar refractivity (Wildman–Crippen MR) is 73.1 cm³/mol. The Morgan fingerprint density at radius 2 is 2.00 bits per heavy atom. The third-order valence-corrected chi connectivity index (χ3v) is 3.29. The van der Waals surface area contributed by atoms with E-state index in [1.54, 1.807) is 22.8 Å². The summed E-state index contributed by atoms with van der Waals surface area (Å²) in [6.45, 7) is 0.547. The summed E-state index contributed by atoms with van der Waals surface area (Å²) in [5.41, 5.74) is 1.69. The van der Waals surface area contributed by atoms with Crippen LogP contribution >= 0.6 is 15.9 Å². The van der Waals surface area contributed by atoms with E-state index in [0.717, 1.165) is 10.2 Å². The second-order valence-electron chi connectivity index (χ2n) is 4.11. The van der Waals surface area contributed by atoms with Crippen LogP contribution in [0.3, 0.4) is 0 Å². The van der Waals surface area contributed by atoms with Crippen molar-refractivity contribution in [2.45, 2.75) is 6.54 Å². The number of carbonyl (C=O) groups is 1. The Bertz CT molecular complexity index is 548. The molecule has 2 rings (SSSR count). The summed E-state index contributed by atoms with van der Waals surface area (Å²) in [4.78, 5) is 13.9. The molecule has 2 aromatic rings. The molecule has 18 heavy (non-hydrogen) atoms. The zero-order valence-electron chi connectivity index (χ0n) is 10.3. The zero-order chi connectivity index (χ0) is 13.1. The third kappa shape index (κ3) is 2.79. The van der Waals surface area contributed by atoms with Crippen molar-refractivity contribution in [1.29, 1.82) is 0 Å². The molecule has 0 unspecified atom stereocenters. The Morgan fingerprint density at radius 3 is 2.56 bits per heavy atom. The molecular weight excluding hydrogens is 294 g/mol. The van der Waals surface area contributed by atoms with Gasteiger partial charge in [0.25, 0.3) is 5.91 Å². The Labute approximate surface area is 114 Å². The summed E-state index contributed by atoms with van der Waals surface area (Å²) in [6.07, 6.45) is 1.73. The van der Waals surface area contributed by atoms with Gasteiger partial charge in [0.2, 0.25) is 0 Å². The van der Waals surface area contributed by atoms with Crippen molar-refractivity contribution in [3.63, 3.8) is 0 Å². The number of nitrogens with zero attached hydrogens (tertiary/aromatic N) is 3. The number of hydrogen-bond donors (Lipinski definition) is 0. The first-order valence-corrected chi connectivity index (χ1v) is 6.35. The molecule has 4 nitrogen and oxygen atoms in total. The molecule has 1 amide bonds. The van der Waals surface area contributed by atoms with Gasteiger partial charge in [-0.05, 0) is 30.3 Å². The lowest BCUT2D eigenvalue weighted by atomic mass is 10.2. The van der Waals surface area contributed by atoms with Gasteiger partial charge in [-0.3, -0.25) is 9.48 Å². The van der Waals surface area contributed by atoms with Crippen LogP contribution < -0.4 is 0 Å².